The maximum absolute atomic E-state index is 15.0. The Kier molecular flexibility index (Phi) is 10.5. The third-order valence-electron chi connectivity index (χ3n) is 8.00. The predicted octanol–water partition coefficient (Wildman–Crippen LogP) is 6.37. The fraction of sp³-hybridized carbons (Fsp3) is 0.257. The Bertz CT molecular complexity index is 1700. The van der Waals surface area contributed by atoms with Crippen LogP contribution in [0.2, 0.25) is 5.02 Å². The average Bonchev–Trinajstić information content (AvgIpc) is 3.56. The summed E-state index contributed by atoms with van der Waals surface area (Å²) in [5.41, 5.74) is 1.29. The van der Waals surface area contributed by atoms with Crippen LogP contribution in [0.15, 0.2) is 114 Å². The molecule has 234 valence electrons. The number of sulfonamides is 1. The van der Waals surface area contributed by atoms with Crippen LogP contribution < -0.4 is 9.62 Å². The first kappa shape index (κ1) is 32.2. The lowest BCUT2D eigenvalue weighted by Gasteiger charge is -2.34. The Balaban J connectivity index is 1.56. The molecule has 4 aromatic rings. The van der Waals surface area contributed by atoms with E-state index in [1.165, 1.54) is 35.2 Å². The van der Waals surface area contributed by atoms with Gasteiger partial charge in [-0.1, -0.05) is 91.2 Å². The molecule has 0 bridgehead atoms. The maximum Gasteiger partial charge on any atom is 0.264 e. The molecule has 0 radical (unpaired) electrons. The number of para-hydroxylation sites is 1. The third kappa shape index (κ3) is 8.09. The Labute approximate surface area is 268 Å². The molecule has 2 amide bonds. The molecule has 0 unspecified atom stereocenters. The molecule has 0 aliphatic heterocycles. The minimum Gasteiger partial charge on any atom is -0.352 e. The van der Waals surface area contributed by atoms with Crippen molar-refractivity contribution in [3.05, 3.63) is 131 Å². The maximum atomic E-state index is 15.0. The van der Waals surface area contributed by atoms with E-state index in [0.717, 1.165) is 35.6 Å². The van der Waals surface area contributed by atoms with Gasteiger partial charge >= 0.3 is 0 Å². The van der Waals surface area contributed by atoms with E-state index in [0.29, 0.717) is 5.02 Å². The highest BCUT2D eigenvalue weighted by atomic mass is 35.5. The summed E-state index contributed by atoms with van der Waals surface area (Å²) in [5, 5.41) is 3.48. The zero-order valence-corrected chi connectivity index (χ0v) is 26.3. The summed E-state index contributed by atoms with van der Waals surface area (Å²) in [6, 6.07) is 28.3. The quantitative estimate of drug-likeness (QED) is 0.194. The van der Waals surface area contributed by atoms with Gasteiger partial charge in [-0.2, -0.15) is 0 Å². The summed E-state index contributed by atoms with van der Waals surface area (Å²) in [6.07, 6.45) is 3.84. The number of nitrogens with one attached hydrogen (secondary N) is 1. The molecule has 1 saturated carbocycles. The summed E-state index contributed by atoms with van der Waals surface area (Å²) in [6.45, 7) is -0.851. The largest absolute Gasteiger partial charge is 0.352 e. The van der Waals surface area contributed by atoms with Crippen molar-refractivity contribution in [1.82, 2.24) is 10.2 Å². The summed E-state index contributed by atoms with van der Waals surface area (Å²) in [7, 11) is -4.25. The molecule has 0 saturated heterocycles. The number of benzene rings is 4. The normalized spacial score (nSPS) is 14.1. The Morgan fingerprint density at radius 1 is 0.844 bits per heavy atom. The molecule has 1 aliphatic rings. The van der Waals surface area contributed by atoms with Crippen molar-refractivity contribution in [3.8, 4) is 0 Å². The zero-order valence-electron chi connectivity index (χ0n) is 24.7. The number of carbonyl (C=O) groups is 2. The molecule has 10 heteroatoms. The number of anilines is 1. The molecular formula is C35H35ClFN3O4S. The Morgan fingerprint density at radius 3 is 2.09 bits per heavy atom. The number of halogens is 2. The molecule has 1 atom stereocenters. The fourth-order valence-corrected chi connectivity index (χ4v) is 7.13. The lowest BCUT2D eigenvalue weighted by atomic mass is 10.0. The topological polar surface area (TPSA) is 86.8 Å². The van der Waals surface area contributed by atoms with Gasteiger partial charge in [0.15, 0.2) is 0 Å². The van der Waals surface area contributed by atoms with Crippen molar-refractivity contribution in [2.24, 2.45) is 0 Å². The van der Waals surface area contributed by atoms with Gasteiger partial charge in [0.2, 0.25) is 11.8 Å². The zero-order chi connectivity index (χ0) is 31.8. The standard InChI is InChI=1S/C35H35ClFN3O4S/c36-28-19-21-31(22-20-28)45(43,44)40(30-16-5-2-6-17-30)25-34(41)39(24-27-13-7-10-18-32(27)37)33(23-26-11-3-1-4-12-26)35(42)38-29-14-8-9-15-29/h1-7,10-13,16-22,29,33H,8-9,14-15,23-25H2,(H,38,42)/t33-/m1/s1. The van der Waals surface area contributed by atoms with Gasteiger partial charge < -0.3 is 10.2 Å². The van der Waals surface area contributed by atoms with Gasteiger partial charge in [-0.25, -0.2) is 12.8 Å². The molecule has 7 nitrogen and oxygen atoms in total. The van der Waals surface area contributed by atoms with Gasteiger partial charge in [0.1, 0.15) is 18.4 Å². The van der Waals surface area contributed by atoms with Gasteiger partial charge in [0, 0.05) is 29.6 Å². The smallest absolute Gasteiger partial charge is 0.264 e. The van der Waals surface area contributed by atoms with E-state index in [2.05, 4.69) is 5.32 Å². The third-order valence-corrected chi connectivity index (χ3v) is 10.0. The second-order valence-corrected chi connectivity index (χ2v) is 13.4. The van der Waals surface area contributed by atoms with E-state index in [1.807, 2.05) is 30.3 Å². The van der Waals surface area contributed by atoms with E-state index < -0.39 is 34.3 Å². The molecule has 45 heavy (non-hydrogen) atoms. The highest BCUT2D eigenvalue weighted by molar-refractivity contribution is 7.92. The van der Waals surface area contributed by atoms with Crippen LogP contribution in [0.1, 0.15) is 36.8 Å². The van der Waals surface area contributed by atoms with Crippen LogP contribution in [0.5, 0.6) is 0 Å². The summed E-state index contributed by atoms with van der Waals surface area (Å²) >= 11 is 6.03. The van der Waals surface area contributed by atoms with E-state index in [-0.39, 0.29) is 41.1 Å². The fourth-order valence-electron chi connectivity index (χ4n) is 5.59. The van der Waals surface area contributed by atoms with Crippen molar-refractivity contribution in [2.45, 2.75) is 55.6 Å². The van der Waals surface area contributed by atoms with Crippen LogP contribution in [0.4, 0.5) is 10.1 Å². The molecule has 0 aromatic heterocycles. The second-order valence-electron chi connectivity index (χ2n) is 11.1. The van der Waals surface area contributed by atoms with Gasteiger partial charge in [0.05, 0.1) is 10.6 Å². The Morgan fingerprint density at radius 2 is 1.44 bits per heavy atom. The summed E-state index contributed by atoms with van der Waals surface area (Å²) in [4.78, 5) is 29.7. The van der Waals surface area contributed by atoms with E-state index >= 15 is 4.39 Å². The number of hydrogen-bond donors (Lipinski definition) is 1. The molecule has 0 heterocycles. The lowest BCUT2D eigenvalue weighted by molar-refractivity contribution is -0.140. The molecular weight excluding hydrogens is 613 g/mol. The number of hydrogen-bond acceptors (Lipinski definition) is 4. The number of carbonyl (C=O) groups excluding carboxylic acids is 2. The first-order chi connectivity index (χ1) is 21.7. The van der Waals surface area contributed by atoms with Crippen LogP contribution in [-0.2, 0) is 32.6 Å². The monoisotopic (exact) mass is 647 g/mol. The van der Waals surface area contributed by atoms with Crippen molar-refractivity contribution in [1.29, 1.82) is 0 Å². The summed E-state index contributed by atoms with van der Waals surface area (Å²) < 4.78 is 44.1. The number of amides is 2. The molecule has 1 fully saturated rings. The Hall–Kier alpha value is -4.21. The molecule has 1 aliphatic carbocycles. The van der Waals surface area contributed by atoms with Crippen molar-refractivity contribution >= 4 is 39.1 Å². The molecule has 5 rings (SSSR count). The number of rotatable bonds is 12. The lowest BCUT2D eigenvalue weighted by Crippen LogP contribution is -2.54. The van der Waals surface area contributed by atoms with Gasteiger partial charge in [0.25, 0.3) is 10.0 Å². The molecule has 1 N–H and O–H groups in total. The minimum atomic E-state index is -4.25. The van der Waals surface area contributed by atoms with Gasteiger partial charge in [-0.3, -0.25) is 13.9 Å². The van der Waals surface area contributed by atoms with Crippen LogP contribution >= 0.6 is 11.6 Å². The first-order valence-corrected chi connectivity index (χ1v) is 16.7. The SMILES string of the molecule is O=C(NC1CCCC1)[C@@H](Cc1ccccc1)N(Cc1ccccc1F)C(=O)CN(c1ccccc1)S(=O)(=O)c1ccc(Cl)cc1. The van der Waals surface area contributed by atoms with Crippen molar-refractivity contribution in [2.75, 3.05) is 10.8 Å². The highest BCUT2D eigenvalue weighted by Crippen LogP contribution is 2.26. The molecule has 0 spiro atoms. The van der Waals surface area contributed by atoms with Crippen LogP contribution in [0, 0.1) is 5.82 Å². The average molecular weight is 648 g/mol. The van der Waals surface area contributed by atoms with E-state index in [4.69, 9.17) is 11.6 Å². The predicted molar refractivity (Wildman–Crippen MR) is 174 cm³/mol. The molecule has 4 aromatic carbocycles. The minimum absolute atomic E-state index is 0.0210. The van der Waals surface area contributed by atoms with Crippen molar-refractivity contribution in [3.63, 3.8) is 0 Å². The van der Waals surface area contributed by atoms with Crippen LogP contribution in [-0.4, -0.2) is 43.8 Å². The van der Waals surface area contributed by atoms with Crippen LogP contribution in [0.25, 0.3) is 0 Å². The van der Waals surface area contributed by atoms with E-state index in [1.54, 1.807) is 48.5 Å². The number of nitrogens with zero attached hydrogens (tertiary/aromatic N) is 2. The summed E-state index contributed by atoms with van der Waals surface area (Å²) in [5.74, 6) is -1.54. The van der Waals surface area contributed by atoms with Gasteiger partial charge in [-0.15, -0.1) is 0 Å². The second kappa shape index (κ2) is 14.7. The van der Waals surface area contributed by atoms with Gasteiger partial charge in [-0.05, 0) is 60.9 Å². The van der Waals surface area contributed by atoms with Crippen LogP contribution in [0.3, 0.4) is 0 Å². The van der Waals surface area contributed by atoms with E-state index in [9.17, 15) is 18.0 Å². The van der Waals surface area contributed by atoms with Crippen molar-refractivity contribution < 1.29 is 22.4 Å². The first-order valence-electron chi connectivity index (χ1n) is 14.9. The highest BCUT2D eigenvalue weighted by Gasteiger charge is 2.35.